The molecule has 0 aliphatic heterocycles. The molecule has 0 unspecified atom stereocenters. The predicted octanol–water partition coefficient (Wildman–Crippen LogP) is 6.04. The molecule has 2 aliphatic rings. The van der Waals surface area contributed by atoms with Gasteiger partial charge in [0.05, 0.1) is 16.9 Å². The first-order chi connectivity index (χ1) is 21.0. The third-order valence-electron chi connectivity index (χ3n) is 9.09. The van der Waals surface area contributed by atoms with E-state index in [1.54, 1.807) is 7.05 Å². The van der Waals surface area contributed by atoms with Crippen LogP contribution >= 0.6 is 0 Å². The van der Waals surface area contributed by atoms with Crippen molar-refractivity contribution < 1.29 is 14.4 Å². The lowest BCUT2D eigenvalue weighted by Gasteiger charge is -2.40. The molecule has 2 fully saturated rings. The van der Waals surface area contributed by atoms with Crippen LogP contribution in [-0.4, -0.2) is 40.1 Å². The van der Waals surface area contributed by atoms with E-state index >= 15 is 0 Å². The van der Waals surface area contributed by atoms with Gasteiger partial charge in [0, 0.05) is 36.0 Å². The molecule has 3 amide bonds. The normalized spacial score (nSPS) is 16.3. The van der Waals surface area contributed by atoms with Crippen LogP contribution in [0.2, 0.25) is 0 Å². The Balaban J connectivity index is 1.19. The zero-order valence-electron chi connectivity index (χ0n) is 24.7. The molecule has 0 radical (unpaired) electrons. The molecule has 2 aliphatic carbocycles. The summed E-state index contributed by atoms with van der Waals surface area (Å²) < 4.78 is 2.06. The summed E-state index contributed by atoms with van der Waals surface area (Å²) >= 11 is 0. The molecule has 1 aromatic heterocycles. The van der Waals surface area contributed by atoms with E-state index < -0.39 is 5.54 Å². The maximum Gasteiger partial charge on any atom is 0.252 e. The second kappa shape index (κ2) is 12.4. The van der Waals surface area contributed by atoms with E-state index in [9.17, 15) is 14.4 Å². The molecule has 43 heavy (non-hydrogen) atoms. The zero-order valence-corrected chi connectivity index (χ0v) is 24.7. The minimum atomic E-state index is -0.944. The van der Waals surface area contributed by atoms with Gasteiger partial charge in [0.2, 0.25) is 11.8 Å². The molecule has 3 aromatic carbocycles. The topological polar surface area (TPSA) is 105 Å². The lowest BCUT2D eigenvalue weighted by atomic mass is 9.75. The lowest BCUT2D eigenvalue weighted by molar-refractivity contribution is -0.125. The average Bonchev–Trinajstić information content (AvgIpc) is 3.42. The van der Waals surface area contributed by atoms with Crippen molar-refractivity contribution in [3.05, 3.63) is 89.6 Å². The van der Waals surface area contributed by atoms with Crippen molar-refractivity contribution in [3.8, 4) is 5.69 Å². The Kier molecular flexibility index (Phi) is 8.27. The van der Waals surface area contributed by atoms with E-state index in [1.807, 2.05) is 60.7 Å². The predicted molar refractivity (Wildman–Crippen MR) is 168 cm³/mol. The molecule has 0 atom stereocenters. The molecule has 2 saturated carbocycles. The number of para-hydroxylation sites is 1. The van der Waals surface area contributed by atoms with Gasteiger partial charge >= 0.3 is 0 Å². The first-order valence-corrected chi connectivity index (χ1v) is 15.5. The highest BCUT2D eigenvalue weighted by molar-refractivity contribution is 6.05. The lowest BCUT2D eigenvalue weighted by Crippen LogP contribution is -2.61. The van der Waals surface area contributed by atoms with Crippen molar-refractivity contribution in [3.63, 3.8) is 0 Å². The van der Waals surface area contributed by atoms with Crippen LogP contribution in [-0.2, 0) is 16.0 Å². The summed E-state index contributed by atoms with van der Waals surface area (Å²) in [4.78, 5) is 38.5. The van der Waals surface area contributed by atoms with E-state index in [-0.39, 0.29) is 17.7 Å². The van der Waals surface area contributed by atoms with Crippen molar-refractivity contribution in [2.45, 2.75) is 75.7 Å². The van der Waals surface area contributed by atoms with Gasteiger partial charge < -0.3 is 16.0 Å². The molecular weight excluding hydrogens is 538 g/mol. The minimum Gasteiger partial charge on any atom is -0.359 e. The van der Waals surface area contributed by atoms with Gasteiger partial charge in [0.1, 0.15) is 5.54 Å². The van der Waals surface area contributed by atoms with Crippen molar-refractivity contribution in [1.82, 2.24) is 20.4 Å². The quantitative estimate of drug-likeness (QED) is 0.225. The van der Waals surface area contributed by atoms with Gasteiger partial charge in [-0.1, -0.05) is 55.7 Å². The summed E-state index contributed by atoms with van der Waals surface area (Å²) in [6, 6.07) is 23.5. The number of benzene rings is 3. The van der Waals surface area contributed by atoms with Gasteiger partial charge in [-0.05, 0) is 80.5 Å². The number of carbonyl (C=O) groups is 3. The SMILES string of the molecule is CNC(=O)CCc1ccc(NC(=O)C2(NC(=O)c3ccc4c(C5CCCCC5)n(-c5ccccc5)nc4c3)CCC2)cc1. The van der Waals surface area contributed by atoms with Crippen LogP contribution in [0.3, 0.4) is 0 Å². The van der Waals surface area contributed by atoms with E-state index in [4.69, 9.17) is 5.10 Å². The maximum atomic E-state index is 13.6. The molecule has 1 heterocycles. The van der Waals surface area contributed by atoms with Crippen LogP contribution in [0.25, 0.3) is 16.6 Å². The molecule has 222 valence electrons. The van der Waals surface area contributed by atoms with Gasteiger partial charge in [-0.3, -0.25) is 14.4 Å². The summed E-state index contributed by atoms with van der Waals surface area (Å²) in [5.41, 5.74) is 4.28. The van der Waals surface area contributed by atoms with Crippen molar-refractivity contribution in [2.75, 3.05) is 12.4 Å². The Bertz CT molecular complexity index is 1620. The summed E-state index contributed by atoms with van der Waals surface area (Å²) in [5, 5.41) is 14.8. The van der Waals surface area contributed by atoms with Gasteiger partial charge in [-0.25, -0.2) is 4.68 Å². The third kappa shape index (κ3) is 6.05. The Hall–Kier alpha value is -4.46. The molecule has 0 spiro atoms. The van der Waals surface area contributed by atoms with Crippen molar-refractivity contribution in [1.29, 1.82) is 0 Å². The van der Waals surface area contributed by atoms with Gasteiger partial charge in [0.15, 0.2) is 0 Å². The smallest absolute Gasteiger partial charge is 0.252 e. The number of anilines is 1. The average molecular weight is 578 g/mol. The molecule has 0 saturated heterocycles. The largest absolute Gasteiger partial charge is 0.359 e. The minimum absolute atomic E-state index is 0.00611. The Morgan fingerprint density at radius 2 is 1.65 bits per heavy atom. The number of aromatic nitrogens is 2. The standard InChI is InChI=1S/C35H39N5O3/c1-36-31(41)20-15-24-13-17-27(18-14-24)37-34(43)35(21-8-22-35)38-33(42)26-16-19-29-30(23-26)39-40(28-11-6-3-7-12-28)32(29)25-9-4-2-5-10-25/h3,6-7,11-14,16-19,23,25H,2,4-5,8-10,15,20-22H2,1H3,(H,36,41)(H,37,43)(H,38,42). The first kappa shape index (κ1) is 28.6. The van der Waals surface area contributed by atoms with Crippen molar-refractivity contribution in [2.24, 2.45) is 0 Å². The highest BCUT2D eigenvalue weighted by atomic mass is 16.2. The fourth-order valence-electron chi connectivity index (χ4n) is 6.40. The number of rotatable bonds is 9. The van der Waals surface area contributed by atoms with Crippen molar-refractivity contribution >= 4 is 34.3 Å². The fraction of sp³-hybridized carbons (Fsp3) is 0.371. The Morgan fingerprint density at radius 3 is 2.33 bits per heavy atom. The summed E-state index contributed by atoms with van der Waals surface area (Å²) in [6.45, 7) is 0. The van der Waals surface area contributed by atoms with Crippen LogP contribution in [0, 0.1) is 0 Å². The fourth-order valence-corrected chi connectivity index (χ4v) is 6.40. The van der Waals surface area contributed by atoms with Gasteiger partial charge in [0.25, 0.3) is 5.91 Å². The van der Waals surface area contributed by atoms with Crippen LogP contribution in [0.1, 0.15) is 85.3 Å². The number of aryl methyl sites for hydroxylation is 1. The molecule has 8 nitrogen and oxygen atoms in total. The molecule has 4 aromatic rings. The number of hydrogen-bond acceptors (Lipinski definition) is 4. The molecule has 0 bridgehead atoms. The summed E-state index contributed by atoms with van der Waals surface area (Å²) in [6.07, 6.45) is 9.10. The Labute approximate surface area is 252 Å². The zero-order chi connectivity index (χ0) is 29.8. The highest BCUT2D eigenvalue weighted by Gasteiger charge is 2.45. The first-order valence-electron chi connectivity index (χ1n) is 15.5. The third-order valence-corrected chi connectivity index (χ3v) is 9.09. The number of amides is 3. The van der Waals surface area contributed by atoms with E-state index in [1.165, 1.54) is 25.0 Å². The highest BCUT2D eigenvalue weighted by Crippen LogP contribution is 2.38. The number of nitrogens with one attached hydrogen (secondary N) is 3. The number of carbonyl (C=O) groups excluding carboxylic acids is 3. The van der Waals surface area contributed by atoms with Crippen LogP contribution < -0.4 is 16.0 Å². The van der Waals surface area contributed by atoms with Crippen LogP contribution in [0.4, 0.5) is 5.69 Å². The van der Waals surface area contributed by atoms with E-state index in [0.29, 0.717) is 42.9 Å². The monoisotopic (exact) mass is 577 g/mol. The van der Waals surface area contributed by atoms with Gasteiger partial charge in [-0.2, -0.15) is 5.10 Å². The molecule has 3 N–H and O–H groups in total. The molecular formula is C35H39N5O3. The molecule has 6 rings (SSSR count). The van der Waals surface area contributed by atoms with Crippen LogP contribution in [0.15, 0.2) is 72.8 Å². The number of nitrogens with zero attached hydrogens (tertiary/aromatic N) is 2. The number of hydrogen-bond donors (Lipinski definition) is 3. The second-order valence-electron chi connectivity index (χ2n) is 11.9. The van der Waals surface area contributed by atoms with E-state index in [2.05, 4.69) is 32.8 Å². The number of fused-ring (bicyclic) bond motifs is 1. The summed E-state index contributed by atoms with van der Waals surface area (Å²) in [5.74, 6) is -0.0483. The maximum absolute atomic E-state index is 13.6. The van der Waals surface area contributed by atoms with E-state index in [0.717, 1.165) is 41.4 Å². The van der Waals surface area contributed by atoms with Crippen LogP contribution in [0.5, 0.6) is 0 Å². The second-order valence-corrected chi connectivity index (χ2v) is 11.9. The Morgan fingerprint density at radius 1 is 0.907 bits per heavy atom. The van der Waals surface area contributed by atoms with Gasteiger partial charge in [-0.15, -0.1) is 0 Å². The summed E-state index contributed by atoms with van der Waals surface area (Å²) in [7, 11) is 1.63. The molecule has 8 heteroatoms.